The quantitative estimate of drug-likeness (QED) is 0.514. The third-order valence-electron chi connectivity index (χ3n) is 5.39. The Balaban J connectivity index is 1.37. The van der Waals surface area contributed by atoms with Crippen molar-refractivity contribution in [3.8, 4) is 5.69 Å². The number of para-hydroxylation sites is 1. The Labute approximate surface area is 194 Å². The van der Waals surface area contributed by atoms with Crippen LogP contribution in [-0.2, 0) is 21.0 Å². The lowest BCUT2D eigenvalue weighted by atomic mass is 10.2. The van der Waals surface area contributed by atoms with Gasteiger partial charge in [0, 0.05) is 44.0 Å². The smallest absolute Gasteiger partial charge is 0.337 e. The van der Waals surface area contributed by atoms with Crippen LogP contribution in [0.5, 0.6) is 0 Å². The van der Waals surface area contributed by atoms with E-state index in [1.165, 1.54) is 11.0 Å². The highest BCUT2D eigenvalue weighted by Gasteiger charge is 2.34. The predicted octanol–water partition coefficient (Wildman–Crippen LogP) is 3.44. The molecule has 34 heavy (non-hydrogen) atoms. The normalized spacial score (nSPS) is 15.7. The van der Waals surface area contributed by atoms with E-state index in [0.717, 1.165) is 33.8 Å². The number of rotatable bonds is 5. The number of nitrogens with zero attached hydrogens (tertiary/aromatic N) is 4. The van der Waals surface area contributed by atoms with Gasteiger partial charge in [0.1, 0.15) is 0 Å². The lowest BCUT2D eigenvalue weighted by molar-refractivity contribution is -0.137. The lowest BCUT2D eigenvalue weighted by Gasteiger charge is -2.33. The second-order valence-corrected chi connectivity index (χ2v) is 9.58. The summed E-state index contributed by atoms with van der Waals surface area (Å²) in [4.78, 5) is 13.6. The van der Waals surface area contributed by atoms with Crippen LogP contribution >= 0.6 is 0 Å². The van der Waals surface area contributed by atoms with E-state index in [-0.39, 0.29) is 32.1 Å². The molecule has 0 radical (unpaired) electrons. The van der Waals surface area contributed by atoms with Crippen LogP contribution in [0.15, 0.2) is 78.0 Å². The fourth-order valence-electron chi connectivity index (χ4n) is 3.55. The van der Waals surface area contributed by atoms with Crippen molar-refractivity contribution in [3.63, 3.8) is 0 Å². The van der Waals surface area contributed by atoms with Crippen LogP contribution in [-0.4, -0.2) is 59.5 Å². The number of halogens is 3. The van der Waals surface area contributed by atoms with Gasteiger partial charge in [-0.2, -0.15) is 22.6 Å². The van der Waals surface area contributed by atoms with E-state index in [2.05, 4.69) is 5.10 Å². The highest BCUT2D eigenvalue weighted by Crippen LogP contribution is 2.31. The van der Waals surface area contributed by atoms with E-state index in [1.54, 1.807) is 23.2 Å². The summed E-state index contributed by atoms with van der Waals surface area (Å²) in [5, 5.41) is 4.26. The van der Waals surface area contributed by atoms with Gasteiger partial charge >= 0.3 is 6.18 Å². The van der Waals surface area contributed by atoms with Gasteiger partial charge in [0.15, 0.2) is 0 Å². The SMILES string of the molecule is O=C(/C=C/c1cnn(-c2ccccc2)c1)N1CCN(S(=O)(=O)c2cccc(C(F)(F)F)c2)CC1. The monoisotopic (exact) mass is 490 g/mol. The molecule has 1 aliphatic rings. The third-order valence-corrected chi connectivity index (χ3v) is 7.29. The molecule has 0 unspecified atom stereocenters. The average molecular weight is 491 g/mol. The van der Waals surface area contributed by atoms with Crippen LogP contribution < -0.4 is 0 Å². The predicted molar refractivity (Wildman–Crippen MR) is 119 cm³/mol. The fourth-order valence-corrected chi connectivity index (χ4v) is 5.02. The Morgan fingerprint density at radius 2 is 1.68 bits per heavy atom. The third kappa shape index (κ3) is 5.20. The molecule has 7 nitrogen and oxygen atoms in total. The van der Waals surface area contributed by atoms with E-state index in [0.29, 0.717) is 6.07 Å². The summed E-state index contributed by atoms with van der Waals surface area (Å²) in [6.07, 6.45) is 1.78. The number of benzene rings is 2. The second kappa shape index (κ2) is 9.43. The summed E-state index contributed by atoms with van der Waals surface area (Å²) < 4.78 is 67.3. The minimum Gasteiger partial charge on any atom is -0.337 e. The summed E-state index contributed by atoms with van der Waals surface area (Å²) in [6.45, 7) is 0.240. The molecule has 178 valence electrons. The van der Waals surface area contributed by atoms with Crippen molar-refractivity contribution in [2.24, 2.45) is 0 Å². The second-order valence-electron chi connectivity index (χ2n) is 7.64. The molecular weight excluding hydrogens is 469 g/mol. The summed E-state index contributed by atoms with van der Waals surface area (Å²) in [6, 6.07) is 13.2. The highest BCUT2D eigenvalue weighted by molar-refractivity contribution is 7.89. The van der Waals surface area contributed by atoms with E-state index >= 15 is 0 Å². The minimum atomic E-state index is -4.64. The summed E-state index contributed by atoms with van der Waals surface area (Å²) in [5.74, 6) is -0.288. The van der Waals surface area contributed by atoms with Crippen LogP contribution in [0.4, 0.5) is 13.2 Å². The number of sulfonamides is 1. The van der Waals surface area contributed by atoms with Gasteiger partial charge in [-0.15, -0.1) is 0 Å². The van der Waals surface area contributed by atoms with E-state index in [9.17, 15) is 26.4 Å². The molecule has 0 N–H and O–H groups in total. The number of aromatic nitrogens is 2. The van der Waals surface area contributed by atoms with Crippen molar-refractivity contribution in [3.05, 3.63) is 84.2 Å². The summed E-state index contributed by atoms with van der Waals surface area (Å²) in [7, 11) is -4.11. The molecule has 1 aromatic heterocycles. The van der Waals surface area contributed by atoms with Gasteiger partial charge in [-0.1, -0.05) is 24.3 Å². The van der Waals surface area contributed by atoms with Crippen molar-refractivity contribution in [1.29, 1.82) is 0 Å². The van der Waals surface area contributed by atoms with Crippen molar-refractivity contribution >= 4 is 22.0 Å². The number of carbonyl (C=O) groups is 1. The maximum absolute atomic E-state index is 13.0. The van der Waals surface area contributed by atoms with Crippen molar-refractivity contribution in [2.75, 3.05) is 26.2 Å². The molecule has 1 saturated heterocycles. The van der Waals surface area contributed by atoms with Crippen molar-refractivity contribution in [1.82, 2.24) is 19.0 Å². The first-order valence-electron chi connectivity index (χ1n) is 10.4. The topological polar surface area (TPSA) is 75.5 Å². The molecular formula is C23H21F3N4O3S. The maximum Gasteiger partial charge on any atom is 0.416 e. The molecule has 1 amide bonds. The Hall–Kier alpha value is -3.44. The van der Waals surface area contributed by atoms with Gasteiger partial charge in [-0.3, -0.25) is 4.79 Å². The van der Waals surface area contributed by atoms with E-state index in [4.69, 9.17) is 0 Å². The Morgan fingerprint density at radius 1 is 0.971 bits per heavy atom. The van der Waals surface area contributed by atoms with E-state index in [1.807, 2.05) is 30.3 Å². The molecule has 0 aliphatic carbocycles. The number of piperazine rings is 1. The number of hydrogen-bond donors (Lipinski definition) is 0. The molecule has 1 aliphatic heterocycles. The Bertz CT molecular complexity index is 1300. The molecule has 2 aromatic carbocycles. The molecule has 0 saturated carbocycles. The van der Waals surface area contributed by atoms with Crippen molar-refractivity contribution in [2.45, 2.75) is 11.1 Å². The average Bonchev–Trinajstić information content (AvgIpc) is 3.32. The van der Waals surface area contributed by atoms with Gasteiger partial charge in [0.2, 0.25) is 15.9 Å². The standard InChI is InChI=1S/C23H21F3N4O3S/c24-23(25,26)19-5-4-8-21(15-19)34(32,33)29-13-11-28(12-14-29)22(31)10-9-18-16-27-30(17-18)20-6-2-1-3-7-20/h1-10,15-17H,11-14H2/b10-9+. The van der Waals surface area contributed by atoms with E-state index < -0.39 is 26.7 Å². The van der Waals surface area contributed by atoms with Gasteiger partial charge < -0.3 is 4.90 Å². The minimum absolute atomic E-state index is 0.00982. The van der Waals surface area contributed by atoms with Crippen LogP contribution in [0.1, 0.15) is 11.1 Å². The lowest BCUT2D eigenvalue weighted by Crippen LogP contribution is -2.50. The molecule has 2 heterocycles. The van der Waals surface area contributed by atoms with Gasteiger partial charge in [-0.25, -0.2) is 13.1 Å². The van der Waals surface area contributed by atoms with Gasteiger partial charge in [-0.05, 0) is 36.4 Å². The zero-order valence-corrected chi connectivity index (χ0v) is 18.7. The molecule has 0 bridgehead atoms. The number of amides is 1. The van der Waals surface area contributed by atoms with Crippen LogP contribution in [0.25, 0.3) is 11.8 Å². The molecule has 0 atom stereocenters. The fraction of sp³-hybridized carbons (Fsp3) is 0.217. The van der Waals surface area contributed by atoms with Crippen molar-refractivity contribution < 1.29 is 26.4 Å². The molecule has 0 spiro atoms. The summed E-state index contributed by atoms with van der Waals surface area (Å²) in [5.41, 5.74) is 0.581. The van der Waals surface area contributed by atoms with Gasteiger partial charge in [0.25, 0.3) is 0 Å². The molecule has 11 heteroatoms. The summed E-state index contributed by atoms with van der Waals surface area (Å²) >= 11 is 0. The zero-order chi connectivity index (χ0) is 24.3. The number of carbonyl (C=O) groups excluding carboxylic acids is 1. The maximum atomic E-state index is 13.0. The number of hydrogen-bond acceptors (Lipinski definition) is 4. The first kappa shape index (κ1) is 23.7. The zero-order valence-electron chi connectivity index (χ0n) is 17.9. The Kier molecular flexibility index (Phi) is 6.58. The first-order chi connectivity index (χ1) is 16.1. The highest BCUT2D eigenvalue weighted by atomic mass is 32.2. The molecule has 1 fully saturated rings. The first-order valence-corrected chi connectivity index (χ1v) is 11.8. The van der Waals surface area contributed by atoms with Crippen LogP contribution in [0, 0.1) is 0 Å². The van der Waals surface area contributed by atoms with Crippen LogP contribution in [0.3, 0.4) is 0 Å². The Morgan fingerprint density at radius 3 is 2.35 bits per heavy atom. The largest absolute Gasteiger partial charge is 0.416 e. The number of alkyl halides is 3. The van der Waals surface area contributed by atoms with Crippen LogP contribution in [0.2, 0.25) is 0 Å². The molecule has 3 aromatic rings. The molecule has 4 rings (SSSR count). The van der Waals surface area contributed by atoms with Gasteiger partial charge in [0.05, 0.1) is 22.3 Å².